The molecule has 0 amide bonds. The molecule has 2 aromatic carbocycles. The van der Waals surface area contributed by atoms with Crippen molar-refractivity contribution in [3.05, 3.63) is 60.2 Å². The zero-order valence-corrected chi connectivity index (χ0v) is 15.4. The molecule has 10 heteroatoms. The van der Waals surface area contributed by atoms with E-state index in [1.807, 2.05) is 0 Å². The summed E-state index contributed by atoms with van der Waals surface area (Å²) in [7, 11) is -3.72. The van der Waals surface area contributed by atoms with Crippen molar-refractivity contribution in [2.45, 2.75) is 11.3 Å². The van der Waals surface area contributed by atoms with Crippen LogP contribution in [0.15, 0.2) is 66.8 Å². The second-order valence-electron chi connectivity index (χ2n) is 5.69. The van der Waals surface area contributed by atoms with Crippen molar-refractivity contribution in [2.75, 3.05) is 6.54 Å². The maximum Gasteiger partial charge on any atom is 0.242 e. The van der Waals surface area contributed by atoms with Crippen LogP contribution in [0, 0.1) is 5.82 Å². The van der Waals surface area contributed by atoms with Crippen LogP contribution < -0.4 is 4.72 Å². The second-order valence-corrected chi connectivity index (χ2v) is 7.95. The molecule has 0 spiro atoms. The minimum atomic E-state index is -3.72. The van der Waals surface area contributed by atoms with Gasteiger partial charge in [0.25, 0.3) is 0 Å². The van der Waals surface area contributed by atoms with Crippen LogP contribution in [0.1, 0.15) is 5.69 Å². The Morgan fingerprint density at radius 3 is 2.74 bits per heavy atom. The molecule has 1 aliphatic heterocycles. The lowest BCUT2D eigenvalue weighted by atomic mass is 10.2. The first-order valence-corrected chi connectivity index (χ1v) is 10.2. The number of nitrogens with one attached hydrogen (secondary N) is 1. The maximum absolute atomic E-state index is 13.0. The minimum Gasteiger partial charge on any atom is -0.444 e. The summed E-state index contributed by atoms with van der Waals surface area (Å²) < 4.78 is 54.1. The summed E-state index contributed by atoms with van der Waals surface area (Å²) >= 11 is 0.967. The lowest BCUT2D eigenvalue weighted by Crippen LogP contribution is -2.26. The Bertz CT molecular complexity index is 1170. The molecule has 0 atom stereocenters. The van der Waals surface area contributed by atoms with E-state index in [-0.39, 0.29) is 17.3 Å². The molecule has 3 aromatic rings. The van der Waals surface area contributed by atoms with Gasteiger partial charge >= 0.3 is 0 Å². The van der Waals surface area contributed by atoms with E-state index in [4.69, 9.17) is 4.42 Å². The number of halogens is 1. The Morgan fingerprint density at radius 2 is 1.93 bits per heavy atom. The van der Waals surface area contributed by atoms with Crippen molar-refractivity contribution in [1.82, 2.24) is 9.71 Å². The fourth-order valence-electron chi connectivity index (χ4n) is 2.54. The third-order valence-electron chi connectivity index (χ3n) is 3.85. The molecule has 0 saturated heterocycles. The van der Waals surface area contributed by atoms with Crippen LogP contribution in [0.3, 0.4) is 0 Å². The van der Waals surface area contributed by atoms with Gasteiger partial charge in [-0.05, 0) is 36.4 Å². The number of rotatable bonds is 6. The zero-order valence-electron chi connectivity index (χ0n) is 13.8. The van der Waals surface area contributed by atoms with Crippen LogP contribution in [0.25, 0.3) is 11.5 Å². The number of fused-ring (bicyclic) bond motifs is 1. The van der Waals surface area contributed by atoms with Gasteiger partial charge < -0.3 is 4.42 Å². The first-order valence-electron chi connectivity index (χ1n) is 7.94. The highest BCUT2D eigenvalue weighted by molar-refractivity contribution is 7.89. The molecule has 0 aliphatic carbocycles. The van der Waals surface area contributed by atoms with Gasteiger partial charge in [0.15, 0.2) is 0 Å². The molecule has 138 valence electrons. The number of hydrogen-bond donors (Lipinski definition) is 1. The maximum atomic E-state index is 13.0. The third kappa shape index (κ3) is 3.72. The van der Waals surface area contributed by atoms with E-state index in [0.29, 0.717) is 34.9 Å². The fraction of sp³-hybridized carbons (Fsp3) is 0.118. The summed E-state index contributed by atoms with van der Waals surface area (Å²) in [5.74, 6) is 0.0106. The topological polar surface area (TPSA) is 96.9 Å². The molecule has 0 saturated carbocycles. The van der Waals surface area contributed by atoms with Gasteiger partial charge in [0.2, 0.25) is 15.9 Å². The van der Waals surface area contributed by atoms with Gasteiger partial charge in [-0.3, -0.25) is 0 Å². The van der Waals surface area contributed by atoms with E-state index in [0.717, 1.165) is 11.4 Å². The van der Waals surface area contributed by atoms with Crippen molar-refractivity contribution < 1.29 is 17.2 Å². The SMILES string of the molecule is O=S(=O)(NCCc1coc(-c2ccc(F)cc2)n1)c1cccc2c1N=S=N2. The Labute approximate surface area is 158 Å². The second kappa shape index (κ2) is 7.14. The lowest BCUT2D eigenvalue weighted by molar-refractivity contribution is 0.570. The quantitative estimate of drug-likeness (QED) is 0.529. The molecule has 7 nitrogen and oxygen atoms in total. The van der Waals surface area contributed by atoms with Crippen molar-refractivity contribution in [1.29, 1.82) is 0 Å². The lowest BCUT2D eigenvalue weighted by Gasteiger charge is -2.07. The van der Waals surface area contributed by atoms with E-state index >= 15 is 0 Å². The Kier molecular flexibility index (Phi) is 4.68. The highest BCUT2D eigenvalue weighted by Crippen LogP contribution is 2.37. The van der Waals surface area contributed by atoms with Gasteiger partial charge in [0, 0.05) is 18.5 Å². The number of hydrogen-bond acceptors (Lipinski definition) is 6. The summed E-state index contributed by atoms with van der Waals surface area (Å²) in [4.78, 5) is 4.40. The Morgan fingerprint density at radius 1 is 1.11 bits per heavy atom. The van der Waals surface area contributed by atoms with Crippen molar-refractivity contribution in [3.8, 4) is 11.5 Å². The largest absolute Gasteiger partial charge is 0.444 e. The predicted octanol–water partition coefficient (Wildman–Crippen LogP) is 3.73. The molecular weight excluding hydrogens is 391 g/mol. The number of sulfonamides is 1. The molecule has 0 fully saturated rings. The van der Waals surface area contributed by atoms with Gasteiger partial charge in [-0.15, -0.1) is 0 Å². The molecule has 2 heterocycles. The van der Waals surface area contributed by atoms with E-state index in [2.05, 4.69) is 18.4 Å². The van der Waals surface area contributed by atoms with Crippen LogP contribution in [-0.4, -0.2) is 19.9 Å². The van der Waals surface area contributed by atoms with Gasteiger partial charge in [0.05, 0.1) is 17.0 Å². The van der Waals surface area contributed by atoms with Crippen LogP contribution >= 0.6 is 0 Å². The number of aromatic nitrogens is 1. The number of benzene rings is 2. The average Bonchev–Trinajstić information content (AvgIpc) is 3.31. The van der Waals surface area contributed by atoms with Crippen LogP contribution in [0.2, 0.25) is 0 Å². The van der Waals surface area contributed by atoms with Crippen molar-refractivity contribution in [3.63, 3.8) is 0 Å². The number of oxazole rings is 1. The van der Waals surface area contributed by atoms with Crippen molar-refractivity contribution in [2.24, 2.45) is 8.73 Å². The van der Waals surface area contributed by atoms with E-state index in [1.54, 1.807) is 24.3 Å². The Balaban J connectivity index is 1.42. The minimum absolute atomic E-state index is 0.0981. The van der Waals surface area contributed by atoms with Crippen molar-refractivity contribution >= 4 is 32.8 Å². The molecule has 1 N–H and O–H groups in total. The predicted molar refractivity (Wildman–Crippen MR) is 98.8 cm³/mol. The summed E-state index contributed by atoms with van der Waals surface area (Å²) in [5, 5.41) is 0. The molecule has 0 bridgehead atoms. The van der Waals surface area contributed by atoms with E-state index in [9.17, 15) is 12.8 Å². The van der Waals surface area contributed by atoms with Crippen LogP contribution in [0.4, 0.5) is 15.8 Å². The molecule has 1 aliphatic rings. The monoisotopic (exact) mass is 404 g/mol. The molecule has 0 radical (unpaired) electrons. The smallest absolute Gasteiger partial charge is 0.242 e. The van der Waals surface area contributed by atoms with Gasteiger partial charge in [0.1, 0.15) is 28.4 Å². The molecule has 0 unspecified atom stereocenters. The fourth-order valence-corrected chi connectivity index (χ4v) is 4.33. The molecular formula is C17H13FN4O3S2. The summed E-state index contributed by atoms with van der Waals surface area (Å²) in [6, 6.07) is 10.6. The van der Waals surface area contributed by atoms with Gasteiger partial charge in [-0.25, -0.2) is 22.5 Å². The third-order valence-corrected chi connectivity index (χ3v) is 5.89. The first-order chi connectivity index (χ1) is 13.0. The van der Waals surface area contributed by atoms with Gasteiger partial charge in [-0.2, -0.15) is 8.73 Å². The highest BCUT2D eigenvalue weighted by atomic mass is 32.2. The standard InChI is InChI=1S/C17H13FN4O3S2/c18-12-6-4-11(5-7-12)17-20-13(10-25-17)8-9-19-27(23,24)15-3-1-2-14-16(15)22-26-21-14/h1-7,10,19H,8-9H2. The number of nitrogens with zero attached hydrogens (tertiary/aromatic N) is 3. The normalized spacial score (nSPS) is 12.8. The summed E-state index contributed by atoms with van der Waals surface area (Å²) in [6.45, 7) is 0.145. The summed E-state index contributed by atoms with van der Waals surface area (Å²) in [6.07, 6.45) is 1.80. The van der Waals surface area contributed by atoms with E-state index < -0.39 is 10.0 Å². The summed E-state index contributed by atoms with van der Waals surface area (Å²) in [5.41, 5.74) is 2.13. The Hall–Kier alpha value is -2.69. The highest BCUT2D eigenvalue weighted by Gasteiger charge is 2.22. The first kappa shape index (κ1) is 17.7. The van der Waals surface area contributed by atoms with Crippen LogP contribution in [0.5, 0.6) is 0 Å². The van der Waals surface area contributed by atoms with E-state index in [1.165, 1.54) is 24.5 Å². The molecule has 1 aromatic heterocycles. The zero-order chi connectivity index (χ0) is 18.9. The molecule has 4 rings (SSSR count). The average molecular weight is 404 g/mol. The van der Waals surface area contributed by atoms with Gasteiger partial charge in [-0.1, -0.05) is 6.07 Å². The van der Waals surface area contributed by atoms with Crippen LogP contribution in [-0.2, 0) is 27.8 Å². The molecule has 27 heavy (non-hydrogen) atoms.